The molecule has 0 atom stereocenters. The molecule has 1 heterocycles. The van der Waals surface area contributed by atoms with Gasteiger partial charge in [0.2, 0.25) is 0 Å². The fraction of sp³-hybridized carbons (Fsp3) is 0. The zero-order valence-electron chi connectivity index (χ0n) is 4.48. The van der Waals surface area contributed by atoms with Crippen LogP contribution in [0.15, 0.2) is 23.3 Å². The van der Waals surface area contributed by atoms with E-state index in [9.17, 15) is 4.79 Å². The number of hydrogen-bond acceptors (Lipinski definition) is 3. The summed E-state index contributed by atoms with van der Waals surface area (Å²) < 4.78 is 0.847. The second-order valence-corrected chi connectivity index (χ2v) is 1.37. The van der Waals surface area contributed by atoms with Crippen molar-refractivity contribution in [3.63, 3.8) is 0 Å². The van der Waals surface area contributed by atoms with Crippen LogP contribution in [-0.2, 0) is 0 Å². The van der Waals surface area contributed by atoms with Crippen molar-refractivity contribution >= 4 is 0 Å². The van der Waals surface area contributed by atoms with Crippen LogP contribution in [0.4, 0.5) is 0 Å². The molecule has 4 nitrogen and oxygen atoms in total. The standard InChI is InChI=1S/C5H3N3O/c6-4-8-3-1-2-7-5(8)9/h1-3H. The molecule has 9 heavy (non-hydrogen) atoms. The molecule has 0 radical (unpaired) electrons. The zero-order chi connectivity index (χ0) is 6.69. The average Bonchev–Trinajstić information content (AvgIpc) is 1.89. The number of aromatic nitrogens is 2. The lowest BCUT2D eigenvalue weighted by Gasteiger charge is -1.84. The maximum absolute atomic E-state index is 10.5. The van der Waals surface area contributed by atoms with Crippen LogP contribution >= 0.6 is 0 Å². The van der Waals surface area contributed by atoms with Crippen molar-refractivity contribution in [3.8, 4) is 6.19 Å². The molecule has 0 N–H and O–H groups in total. The van der Waals surface area contributed by atoms with Crippen LogP contribution in [0.25, 0.3) is 0 Å². The fourth-order valence-electron chi connectivity index (χ4n) is 0.433. The van der Waals surface area contributed by atoms with Crippen molar-refractivity contribution in [2.24, 2.45) is 0 Å². The summed E-state index contributed by atoms with van der Waals surface area (Å²) in [6, 6.07) is 1.52. The molecular weight excluding hydrogens is 118 g/mol. The second-order valence-electron chi connectivity index (χ2n) is 1.37. The molecule has 4 heteroatoms. The smallest absolute Gasteiger partial charge is 0.245 e. The van der Waals surface area contributed by atoms with Crippen LogP contribution in [0, 0.1) is 11.5 Å². The Morgan fingerprint density at radius 1 is 1.78 bits per heavy atom. The van der Waals surface area contributed by atoms with Gasteiger partial charge in [-0.3, -0.25) is 0 Å². The van der Waals surface area contributed by atoms with E-state index in [0.717, 1.165) is 4.57 Å². The highest BCUT2D eigenvalue weighted by Gasteiger charge is 1.86. The highest BCUT2D eigenvalue weighted by molar-refractivity contribution is 4.89. The molecule has 0 saturated heterocycles. The Morgan fingerprint density at radius 2 is 2.56 bits per heavy atom. The predicted octanol–water partition coefficient (Wildman–Crippen LogP) is -0.428. The fourth-order valence-corrected chi connectivity index (χ4v) is 0.433. The van der Waals surface area contributed by atoms with Gasteiger partial charge in [0.25, 0.3) is 0 Å². The van der Waals surface area contributed by atoms with E-state index < -0.39 is 5.69 Å². The molecule has 0 unspecified atom stereocenters. The van der Waals surface area contributed by atoms with E-state index in [4.69, 9.17) is 5.26 Å². The molecule has 0 spiro atoms. The van der Waals surface area contributed by atoms with Crippen molar-refractivity contribution < 1.29 is 0 Å². The van der Waals surface area contributed by atoms with Crippen LogP contribution in [0.5, 0.6) is 0 Å². The van der Waals surface area contributed by atoms with Crippen LogP contribution in [0.2, 0.25) is 0 Å². The van der Waals surface area contributed by atoms with Crippen molar-refractivity contribution in [3.05, 3.63) is 28.9 Å². The molecule has 0 saturated carbocycles. The van der Waals surface area contributed by atoms with Gasteiger partial charge in [0.1, 0.15) is 0 Å². The largest absolute Gasteiger partial charge is 0.360 e. The van der Waals surface area contributed by atoms with Gasteiger partial charge in [0.05, 0.1) is 0 Å². The Morgan fingerprint density at radius 3 is 3.00 bits per heavy atom. The maximum Gasteiger partial charge on any atom is 0.360 e. The van der Waals surface area contributed by atoms with E-state index in [2.05, 4.69) is 4.98 Å². The van der Waals surface area contributed by atoms with Gasteiger partial charge in [-0.25, -0.2) is 14.3 Å². The number of rotatable bonds is 0. The van der Waals surface area contributed by atoms with Crippen molar-refractivity contribution in [1.82, 2.24) is 9.55 Å². The lowest BCUT2D eigenvalue weighted by molar-refractivity contribution is 0.929. The molecule has 0 aliphatic rings. The van der Waals surface area contributed by atoms with Gasteiger partial charge in [0, 0.05) is 12.4 Å². The van der Waals surface area contributed by atoms with Gasteiger partial charge >= 0.3 is 5.69 Å². The van der Waals surface area contributed by atoms with Gasteiger partial charge in [0.15, 0.2) is 6.19 Å². The summed E-state index contributed by atoms with van der Waals surface area (Å²) in [4.78, 5) is 13.8. The van der Waals surface area contributed by atoms with E-state index in [1.807, 2.05) is 0 Å². The summed E-state index contributed by atoms with van der Waals surface area (Å²) in [6.07, 6.45) is 4.34. The topological polar surface area (TPSA) is 58.7 Å². The van der Waals surface area contributed by atoms with Gasteiger partial charge in [-0.2, -0.15) is 5.26 Å². The van der Waals surface area contributed by atoms with Crippen LogP contribution in [0.3, 0.4) is 0 Å². The lowest BCUT2D eigenvalue weighted by atomic mass is 10.7. The molecule has 0 fully saturated rings. The third kappa shape index (κ3) is 0.941. The molecule has 1 aromatic heterocycles. The van der Waals surface area contributed by atoms with E-state index in [-0.39, 0.29) is 0 Å². The monoisotopic (exact) mass is 121 g/mol. The average molecular weight is 121 g/mol. The van der Waals surface area contributed by atoms with Gasteiger partial charge in [-0.1, -0.05) is 0 Å². The number of nitrogens with zero attached hydrogens (tertiary/aromatic N) is 3. The molecule has 1 rings (SSSR count). The minimum atomic E-state index is -0.542. The van der Waals surface area contributed by atoms with Gasteiger partial charge in [-0.15, -0.1) is 0 Å². The summed E-state index contributed by atoms with van der Waals surface area (Å²) >= 11 is 0. The molecule has 0 aliphatic heterocycles. The van der Waals surface area contributed by atoms with E-state index in [1.54, 1.807) is 6.19 Å². The quantitative estimate of drug-likeness (QED) is 0.468. The first-order valence-corrected chi connectivity index (χ1v) is 2.28. The molecule has 0 bridgehead atoms. The first kappa shape index (κ1) is 5.51. The SMILES string of the molecule is N#Cn1cccnc1=O. The van der Waals surface area contributed by atoms with Crippen molar-refractivity contribution in [2.45, 2.75) is 0 Å². The molecular formula is C5H3N3O. The Hall–Kier alpha value is -1.63. The Bertz CT molecular complexity index is 296. The summed E-state index contributed by atoms with van der Waals surface area (Å²) in [5.41, 5.74) is -0.542. The Kier molecular flexibility index (Phi) is 1.28. The Labute approximate surface area is 51.0 Å². The summed E-state index contributed by atoms with van der Waals surface area (Å²) in [5, 5.41) is 8.19. The van der Waals surface area contributed by atoms with E-state index in [1.165, 1.54) is 18.5 Å². The van der Waals surface area contributed by atoms with Crippen LogP contribution in [0.1, 0.15) is 0 Å². The Balaban J connectivity index is 3.38. The maximum atomic E-state index is 10.5. The summed E-state index contributed by atoms with van der Waals surface area (Å²) in [5.74, 6) is 0. The minimum absolute atomic E-state index is 0.542. The first-order valence-electron chi connectivity index (χ1n) is 2.28. The number of hydrogen-bond donors (Lipinski definition) is 0. The summed E-state index contributed by atoms with van der Waals surface area (Å²) in [6.45, 7) is 0. The highest BCUT2D eigenvalue weighted by Crippen LogP contribution is 1.70. The minimum Gasteiger partial charge on any atom is -0.245 e. The molecule has 44 valence electrons. The molecule has 0 amide bonds. The normalized spacial score (nSPS) is 8.33. The first-order chi connectivity index (χ1) is 4.34. The third-order valence-electron chi connectivity index (χ3n) is 0.820. The highest BCUT2D eigenvalue weighted by atomic mass is 16.1. The van der Waals surface area contributed by atoms with Crippen LogP contribution in [-0.4, -0.2) is 9.55 Å². The van der Waals surface area contributed by atoms with Crippen molar-refractivity contribution in [2.75, 3.05) is 0 Å². The van der Waals surface area contributed by atoms with E-state index in [0.29, 0.717) is 0 Å². The van der Waals surface area contributed by atoms with Gasteiger partial charge in [-0.05, 0) is 6.07 Å². The molecule has 0 aliphatic carbocycles. The lowest BCUT2D eigenvalue weighted by Crippen LogP contribution is -2.17. The third-order valence-corrected chi connectivity index (χ3v) is 0.820. The van der Waals surface area contributed by atoms with Crippen molar-refractivity contribution in [1.29, 1.82) is 5.26 Å². The summed E-state index contributed by atoms with van der Waals surface area (Å²) in [7, 11) is 0. The van der Waals surface area contributed by atoms with Gasteiger partial charge < -0.3 is 0 Å². The number of nitriles is 1. The zero-order valence-corrected chi connectivity index (χ0v) is 4.48. The predicted molar refractivity (Wildman–Crippen MR) is 29.5 cm³/mol. The molecule has 0 aromatic carbocycles. The second kappa shape index (κ2) is 2.09. The van der Waals surface area contributed by atoms with Crippen LogP contribution < -0.4 is 5.69 Å². The molecule has 1 aromatic rings. The van der Waals surface area contributed by atoms with E-state index >= 15 is 0 Å².